The first-order valence-corrected chi connectivity index (χ1v) is 4.92. The third-order valence-corrected chi connectivity index (χ3v) is 2.22. The minimum atomic E-state index is 0.700. The summed E-state index contributed by atoms with van der Waals surface area (Å²) in [7, 11) is 0. The molecule has 0 aliphatic carbocycles. The first-order chi connectivity index (χ1) is 5.84. The lowest BCUT2D eigenvalue weighted by molar-refractivity contribution is 0.226. The Labute approximate surface area is 79.1 Å². The van der Waals surface area contributed by atoms with Crippen molar-refractivity contribution in [3.63, 3.8) is 0 Å². The highest BCUT2D eigenvalue weighted by atomic mass is 35.5. The molecule has 1 heterocycles. The van der Waals surface area contributed by atoms with Gasteiger partial charge in [0, 0.05) is 5.88 Å². The van der Waals surface area contributed by atoms with Gasteiger partial charge in [0.15, 0.2) is 0 Å². The third-order valence-electron chi connectivity index (χ3n) is 2.00. The molecule has 1 rings (SSSR count). The highest BCUT2D eigenvalue weighted by molar-refractivity contribution is 6.17. The smallest absolute Gasteiger partial charge is 0.0876 e. The first kappa shape index (κ1) is 9.66. The molecule has 0 saturated carbocycles. The summed E-state index contributed by atoms with van der Waals surface area (Å²) in [4.78, 5) is 0. The van der Waals surface area contributed by atoms with E-state index >= 15 is 0 Å². The molecule has 0 amide bonds. The lowest BCUT2D eigenvalue weighted by Crippen LogP contribution is -1.99. The van der Waals surface area contributed by atoms with E-state index in [4.69, 9.17) is 16.3 Å². The van der Waals surface area contributed by atoms with E-state index in [0.29, 0.717) is 5.88 Å². The van der Waals surface area contributed by atoms with Crippen molar-refractivity contribution in [2.75, 3.05) is 12.5 Å². The van der Waals surface area contributed by atoms with Crippen LogP contribution in [0.1, 0.15) is 26.2 Å². The van der Waals surface area contributed by atoms with Crippen LogP contribution in [0.4, 0.5) is 0 Å². The Morgan fingerprint density at radius 1 is 1.75 bits per heavy atom. The standard InChI is InChI=1S/C10H15ClO/c1-9(4-2-6-11)10-5-3-7-12-8-10/h4,8H,2-3,5-7H2,1H3. The summed E-state index contributed by atoms with van der Waals surface area (Å²) >= 11 is 5.59. The molecule has 12 heavy (non-hydrogen) atoms. The molecule has 0 aromatic heterocycles. The molecule has 68 valence electrons. The molecular weight excluding hydrogens is 172 g/mol. The van der Waals surface area contributed by atoms with E-state index in [1.165, 1.54) is 11.1 Å². The minimum Gasteiger partial charge on any atom is -0.501 e. The van der Waals surface area contributed by atoms with Crippen molar-refractivity contribution in [2.45, 2.75) is 26.2 Å². The summed E-state index contributed by atoms with van der Waals surface area (Å²) < 4.78 is 5.25. The topological polar surface area (TPSA) is 9.23 Å². The summed E-state index contributed by atoms with van der Waals surface area (Å²) in [5.41, 5.74) is 2.64. The average Bonchev–Trinajstić information content (AvgIpc) is 2.15. The van der Waals surface area contributed by atoms with Crippen LogP contribution in [0.5, 0.6) is 0 Å². The van der Waals surface area contributed by atoms with E-state index in [-0.39, 0.29) is 0 Å². The van der Waals surface area contributed by atoms with Crippen molar-refractivity contribution in [1.82, 2.24) is 0 Å². The number of hydrogen-bond donors (Lipinski definition) is 0. The highest BCUT2D eigenvalue weighted by Gasteiger charge is 2.04. The van der Waals surface area contributed by atoms with Crippen molar-refractivity contribution in [1.29, 1.82) is 0 Å². The maximum atomic E-state index is 5.59. The van der Waals surface area contributed by atoms with E-state index in [9.17, 15) is 0 Å². The van der Waals surface area contributed by atoms with Gasteiger partial charge in [0.2, 0.25) is 0 Å². The van der Waals surface area contributed by atoms with Crippen molar-refractivity contribution >= 4 is 11.6 Å². The summed E-state index contributed by atoms with van der Waals surface area (Å²) in [6.45, 7) is 2.99. The second-order valence-electron chi connectivity index (χ2n) is 2.98. The van der Waals surface area contributed by atoms with Crippen LogP contribution in [-0.2, 0) is 4.74 Å². The highest BCUT2D eigenvalue weighted by Crippen LogP contribution is 2.19. The second-order valence-corrected chi connectivity index (χ2v) is 3.36. The van der Waals surface area contributed by atoms with Crippen LogP contribution in [0.25, 0.3) is 0 Å². The lowest BCUT2D eigenvalue weighted by Gasteiger charge is -2.13. The van der Waals surface area contributed by atoms with Gasteiger partial charge in [-0.2, -0.15) is 0 Å². The summed E-state index contributed by atoms with van der Waals surface area (Å²) in [6, 6.07) is 0. The molecule has 1 nitrogen and oxygen atoms in total. The van der Waals surface area contributed by atoms with Gasteiger partial charge in [0.1, 0.15) is 0 Å². The quantitative estimate of drug-likeness (QED) is 0.615. The maximum absolute atomic E-state index is 5.59. The van der Waals surface area contributed by atoms with Crippen LogP contribution in [0.2, 0.25) is 0 Å². The van der Waals surface area contributed by atoms with Crippen molar-refractivity contribution in [3.05, 3.63) is 23.5 Å². The Balaban J connectivity index is 2.49. The fraction of sp³-hybridized carbons (Fsp3) is 0.600. The molecule has 0 spiro atoms. The SMILES string of the molecule is CC(=CCCCl)C1=COCCC1. The molecule has 0 unspecified atom stereocenters. The number of hydrogen-bond acceptors (Lipinski definition) is 1. The van der Waals surface area contributed by atoms with E-state index in [2.05, 4.69) is 13.0 Å². The predicted octanol–water partition coefficient (Wildman–Crippen LogP) is 3.26. The molecule has 0 bridgehead atoms. The number of halogens is 1. The van der Waals surface area contributed by atoms with Gasteiger partial charge in [-0.05, 0) is 37.3 Å². The number of allylic oxidation sites excluding steroid dienone is 3. The largest absolute Gasteiger partial charge is 0.501 e. The molecule has 0 saturated heterocycles. The lowest BCUT2D eigenvalue weighted by atomic mass is 10.0. The van der Waals surface area contributed by atoms with Crippen LogP contribution in [0.3, 0.4) is 0 Å². The summed E-state index contributed by atoms with van der Waals surface area (Å²) in [5, 5.41) is 0. The van der Waals surface area contributed by atoms with E-state index in [0.717, 1.165) is 25.9 Å². The van der Waals surface area contributed by atoms with Gasteiger partial charge in [-0.15, -0.1) is 11.6 Å². The van der Waals surface area contributed by atoms with E-state index in [1.54, 1.807) is 0 Å². The Kier molecular flexibility index (Phi) is 4.23. The maximum Gasteiger partial charge on any atom is 0.0876 e. The normalized spacial score (nSPS) is 18.5. The van der Waals surface area contributed by atoms with Crippen molar-refractivity contribution in [3.8, 4) is 0 Å². The van der Waals surface area contributed by atoms with Crippen LogP contribution >= 0.6 is 11.6 Å². The monoisotopic (exact) mass is 186 g/mol. The molecule has 0 aromatic rings. The molecule has 1 aliphatic rings. The molecule has 0 fully saturated rings. The van der Waals surface area contributed by atoms with E-state index < -0.39 is 0 Å². The zero-order valence-corrected chi connectivity index (χ0v) is 8.23. The number of rotatable bonds is 3. The van der Waals surface area contributed by atoms with Gasteiger partial charge in [-0.1, -0.05) is 6.08 Å². The van der Waals surface area contributed by atoms with Crippen LogP contribution in [-0.4, -0.2) is 12.5 Å². The number of alkyl halides is 1. The van der Waals surface area contributed by atoms with Gasteiger partial charge in [0.25, 0.3) is 0 Å². The van der Waals surface area contributed by atoms with Gasteiger partial charge >= 0.3 is 0 Å². The molecule has 0 radical (unpaired) electrons. The van der Waals surface area contributed by atoms with Crippen molar-refractivity contribution < 1.29 is 4.74 Å². The van der Waals surface area contributed by atoms with Crippen LogP contribution in [0.15, 0.2) is 23.5 Å². The average molecular weight is 187 g/mol. The van der Waals surface area contributed by atoms with E-state index in [1.807, 2.05) is 6.26 Å². The predicted molar refractivity (Wildman–Crippen MR) is 52.4 cm³/mol. The Morgan fingerprint density at radius 2 is 2.58 bits per heavy atom. The van der Waals surface area contributed by atoms with Crippen LogP contribution in [0, 0.1) is 0 Å². The van der Waals surface area contributed by atoms with Gasteiger partial charge in [-0.3, -0.25) is 0 Å². The molecule has 0 atom stereocenters. The van der Waals surface area contributed by atoms with Gasteiger partial charge in [-0.25, -0.2) is 0 Å². The Bertz CT molecular complexity index is 194. The minimum absolute atomic E-state index is 0.700. The molecule has 2 heteroatoms. The van der Waals surface area contributed by atoms with Gasteiger partial charge < -0.3 is 4.74 Å². The molecule has 1 aliphatic heterocycles. The molecule has 0 aromatic carbocycles. The zero-order valence-electron chi connectivity index (χ0n) is 7.48. The molecular formula is C10H15ClO. The summed E-state index contributed by atoms with van der Waals surface area (Å²) in [5.74, 6) is 0.700. The zero-order chi connectivity index (χ0) is 8.81. The Morgan fingerprint density at radius 3 is 3.17 bits per heavy atom. The third kappa shape index (κ3) is 2.90. The van der Waals surface area contributed by atoms with Crippen LogP contribution < -0.4 is 0 Å². The first-order valence-electron chi connectivity index (χ1n) is 4.38. The summed E-state index contributed by atoms with van der Waals surface area (Å²) in [6.07, 6.45) is 7.28. The molecule has 0 N–H and O–H groups in total. The van der Waals surface area contributed by atoms with Crippen molar-refractivity contribution in [2.24, 2.45) is 0 Å². The second kappa shape index (κ2) is 5.26. The number of ether oxygens (including phenoxy) is 1. The fourth-order valence-corrected chi connectivity index (χ4v) is 1.37. The fourth-order valence-electron chi connectivity index (χ4n) is 1.26. The Hall–Kier alpha value is -0.430. The van der Waals surface area contributed by atoms with Gasteiger partial charge in [0.05, 0.1) is 12.9 Å².